The molecular weight excluding hydrogens is 414 g/mol. The minimum absolute atomic E-state index is 0.417. The van der Waals surface area contributed by atoms with E-state index >= 15 is 0 Å². The lowest BCUT2D eigenvalue weighted by molar-refractivity contribution is 0.337. The molecule has 0 unspecified atom stereocenters. The van der Waals surface area contributed by atoms with Crippen LogP contribution in [0.15, 0.2) is 67.6 Å². The van der Waals surface area contributed by atoms with Crippen molar-refractivity contribution in [2.24, 2.45) is 0 Å². The van der Waals surface area contributed by atoms with Crippen LogP contribution < -0.4 is 10.4 Å². The zero-order valence-electron chi connectivity index (χ0n) is 13.9. The molecule has 0 aliphatic rings. The van der Waals surface area contributed by atoms with Crippen molar-refractivity contribution in [3.63, 3.8) is 0 Å². The number of para-hydroxylation sites is 1. The van der Waals surface area contributed by atoms with E-state index in [0.29, 0.717) is 28.5 Å². The Kier molecular flexibility index (Phi) is 4.61. The largest absolute Gasteiger partial charge is 0.490 e. The van der Waals surface area contributed by atoms with Crippen LogP contribution in [-0.2, 0) is 0 Å². The second kappa shape index (κ2) is 7.05. The molecule has 6 heteroatoms. The van der Waals surface area contributed by atoms with E-state index in [2.05, 4.69) is 20.9 Å². The predicted octanol–water partition coefficient (Wildman–Crippen LogP) is 5.74. The number of hydrogen-bond donors (Lipinski definition) is 0. The Morgan fingerprint density at radius 3 is 2.85 bits per heavy atom. The molecule has 0 atom stereocenters. The number of hydrogen-bond acceptors (Lipinski definition) is 5. The average Bonchev–Trinajstić information content (AvgIpc) is 3.12. The molecule has 2 heterocycles. The zero-order chi connectivity index (χ0) is 18.1. The van der Waals surface area contributed by atoms with Gasteiger partial charge in [-0.1, -0.05) is 40.2 Å². The molecule has 0 radical (unpaired) electrons. The van der Waals surface area contributed by atoms with Crippen molar-refractivity contribution >= 4 is 38.2 Å². The van der Waals surface area contributed by atoms with Crippen LogP contribution in [0.2, 0.25) is 0 Å². The third-order valence-electron chi connectivity index (χ3n) is 3.88. The normalized spacial score (nSPS) is 11.0. The Morgan fingerprint density at radius 1 is 1.19 bits per heavy atom. The predicted molar refractivity (Wildman–Crippen MR) is 108 cm³/mol. The first-order valence-electron chi connectivity index (χ1n) is 8.07. The van der Waals surface area contributed by atoms with Gasteiger partial charge in [-0.3, -0.25) is 0 Å². The number of rotatable bonds is 4. The summed E-state index contributed by atoms with van der Waals surface area (Å²) < 4.78 is 12.1. The van der Waals surface area contributed by atoms with Gasteiger partial charge in [0.05, 0.1) is 17.9 Å². The molecule has 0 aliphatic heterocycles. The summed E-state index contributed by atoms with van der Waals surface area (Å²) in [5, 5.41) is 3.39. The van der Waals surface area contributed by atoms with E-state index < -0.39 is 5.63 Å². The highest BCUT2D eigenvalue weighted by Crippen LogP contribution is 2.31. The van der Waals surface area contributed by atoms with Crippen molar-refractivity contribution in [2.45, 2.75) is 6.92 Å². The monoisotopic (exact) mass is 427 g/mol. The van der Waals surface area contributed by atoms with Crippen LogP contribution in [0.3, 0.4) is 0 Å². The number of ether oxygens (including phenoxy) is 1. The molecule has 2 aromatic carbocycles. The Balaban J connectivity index is 1.80. The fourth-order valence-electron chi connectivity index (χ4n) is 2.71. The first kappa shape index (κ1) is 17.0. The van der Waals surface area contributed by atoms with Gasteiger partial charge in [0.15, 0.2) is 11.3 Å². The van der Waals surface area contributed by atoms with Gasteiger partial charge in [-0.25, -0.2) is 9.78 Å². The molecule has 0 bridgehead atoms. The van der Waals surface area contributed by atoms with Crippen LogP contribution in [0, 0.1) is 0 Å². The SMILES string of the molecule is CCOc1cccc2cc(-c3nc(-c4cccc(Br)c4)cs3)c(=O)oc12. The summed E-state index contributed by atoms with van der Waals surface area (Å²) in [6.45, 7) is 2.40. The van der Waals surface area contributed by atoms with Gasteiger partial charge < -0.3 is 9.15 Å². The molecule has 2 aromatic heterocycles. The number of thiazole rings is 1. The van der Waals surface area contributed by atoms with E-state index in [9.17, 15) is 4.79 Å². The third-order valence-corrected chi connectivity index (χ3v) is 5.25. The molecule has 0 spiro atoms. The molecule has 0 amide bonds. The quantitative estimate of drug-likeness (QED) is 0.389. The fourth-order valence-corrected chi connectivity index (χ4v) is 3.95. The number of halogens is 1. The zero-order valence-corrected chi connectivity index (χ0v) is 16.3. The van der Waals surface area contributed by atoms with Gasteiger partial charge in [0.25, 0.3) is 0 Å². The molecular formula is C20H14BrNO3S. The van der Waals surface area contributed by atoms with E-state index in [1.165, 1.54) is 11.3 Å². The van der Waals surface area contributed by atoms with Crippen molar-refractivity contribution < 1.29 is 9.15 Å². The van der Waals surface area contributed by atoms with E-state index in [1.807, 2.05) is 54.8 Å². The summed E-state index contributed by atoms with van der Waals surface area (Å²) in [6, 6.07) is 15.3. The van der Waals surface area contributed by atoms with Gasteiger partial charge in [-0.15, -0.1) is 11.3 Å². The first-order chi connectivity index (χ1) is 12.7. The van der Waals surface area contributed by atoms with Crippen LogP contribution in [0.1, 0.15) is 6.92 Å². The van der Waals surface area contributed by atoms with Gasteiger partial charge in [-0.05, 0) is 31.2 Å². The van der Waals surface area contributed by atoms with E-state index in [0.717, 1.165) is 21.1 Å². The minimum atomic E-state index is -0.417. The van der Waals surface area contributed by atoms with Crippen molar-refractivity contribution in [2.75, 3.05) is 6.61 Å². The highest BCUT2D eigenvalue weighted by atomic mass is 79.9. The molecule has 26 heavy (non-hydrogen) atoms. The van der Waals surface area contributed by atoms with Crippen LogP contribution in [0.25, 0.3) is 32.8 Å². The second-order valence-corrected chi connectivity index (χ2v) is 7.38. The molecule has 4 nitrogen and oxygen atoms in total. The summed E-state index contributed by atoms with van der Waals surface area (Å²) in [7, 11) is 0. The molecule has 130 valence electrons. The molecule has 0 saturated heterocycles. The maximum Gasteiger partial charge on any atom is 0.346 e. The van der Waals surface area contributed by atoms with Crippen LogP contribution in [-0.4, -0.2) is 11.6 Å². The second-order valence-electron chi connectivity index (χ2n) is 5.60. The summed E-state index contributed by atoms with van der Waals surface area (Å²) in [4.78, 5) is 17.2. The van der Waals surface area contributed by atoms with E-state index in [-0.39, 0.29) is 0 Å². The molecule has 0 fully saturated rings. The number of aromatic nitrogens is 1. The Labute approximate surface area is 162 Å². The maximum absolute atomic E-state index is 12.5. The van der Waals surface area contributed by atoms with Gasteiger partial charge in [0.2, 0.25) is 0 Å². The topological polar surface area (TPSA) is 52.3 Å². The number of fused-ring (bicyclic) bond motifs is 1. The van der Waals surface area contributed by atoms with Gasteiger partial charge in [-0.2, -0.15) is 0 Å². The maximum atomic E-state index is 12.5. The fraction of sp³-hybridized carbons (Fsp3) is 0.100. The lowest BCUT2D eigenvalue weighted by atomic mass is 10.1. The van der Waals surface area contributed by atoms with Crippen LogP contribution in [0.4, 0.5) is 0 Å². The van der Waals surface area contributed by atoms with E-state index in [4.69, 9.17) is 9.15 Å². The minimum Gasteiger partial charge on any atom is -0.490 e. The third kappa shape index (κ3) is 3.18. The standard InChI is InChI=1S/C20H14BrNO3S/c1-2-24-17-8-4-6-13-10-15(20(23)25-18(13)17)19-22-16(11-26-19)12-5-3-7-14(21)9-12/h3-11H,2H2,1H3. The Hall–Kier alpha value is -2.44. The molecule has 0 aliphatic carbocycles. The van der Waals surface area contributed by atoms with Crippen molar-refractivity contribution in [3.8, 4) is 27.6 Å². The van der Waals surface area contributed by atoms with Crippen LogP contribution >= 0.6 is 27.3 Å². The number of nitrogens with zero attached hydrogens (tertiary/aromatic N) is 1. The average molecular weight is 428 g/mol. The van der Waals surface area contributed by atoms with Gasteiger partial charge in [0.1, 0.15) is 5.01 Å². The highest BCUT2D eigenvalue weighted by Gasteiger charge is 2.14. The number of benzene rings is 2. The highest BCUT2D eigenvalue weighted by molar-refractivity contribution is 9.10. The summed E-state index contributed by atoms with van der Waals surface area (Å²) in [6.07, 6.45) is 0. The van der Waals surface area contributed by atoms with E-state index in [1.54, 1.807) is 6.07 Å². The summed E-state index contributed by atoms with van der Waals surface area (Å²) in [5.74, 6) is 0.572. The summed E-state index contributed by atoms with van der Waals surface area (Å²) in [5.41, 5.74) is 2.32. The van der Waals surface area contributed by atoms with Crippen LogP contribution in [0.5, 0.6) is 5.75 Å². The molecule has 0 saturated carbocycles. The smallest absolute Gasteiger partial charge is 0.346 e. The first-order valence-corrected chi connectivity index (χ1v) is 9.74. The lowest BCUT2D eigenvalue weighted by Gasteiger charge is -2.06. The van der Waals surface area contributed by atoms with Crippen molar-refractivity contribution in [1.82, 2.24) is 4.98 Å². The van der Waals surface area contributed by atoms with Gasteiger partial charge in [0, 0.05) is 20.8 Å². The Bertz CT molecular complexity index is 1150. The van der Waals surface area contributed by atoms with Crippen molar-refractivity contribution in [1.29, 1.82) is 0 Å². The molecule has 4 rings (SSSR count). The lowest BCUT2D eigenvalue weighted by Crippen LogP contribution is -2.03. The van der Waals surface area contributed by atoms with Crippen molar-refractivity contribution in [3.05, 3.63) is 68.8 Å². The van der Waals surface area contributed by atoms with Gasteiger partial charge >= 0.3 is 5.63 Å². The Morgan fingerprint density at radius 2 is 2.04 bits per heavy atom. The summed E-state index contributed by atoms with van der Waals surface area (Å²) >= 11 is 4.89. The molecule has 4 aromatic rings. The molecule has 0 N–H and O–H groups in total.